The second kappa shape index (κ2) is 2.58. The summed E-state index contributed by atoms with van der Waals surface area (Å²) in [7, 11) is 0. The molecule has 0 amide bonds. The maximum absolute atomic E-state index is 8.53. The van der Waals surface area contributed by atoms with Crippen LogP contribution in [0.1, 0.15) is 13.8 Å². The Balaban J connectivity index is 3.33. The first kappa shape index (κ1) is 6.43. The molecule has 0 aromatic rings. The van der Waals surface area contributed by atoms with Gasteiger partial charge < -0.3 is 0 Å². The summed E-state index contributed by atoms with van der Waals surface area (Å²) in [6.45, 7) is 3.59. The van der Waals surface area contributed by atoms with Crippen LogP contribution in [0.4, 0.5) is 0 Å². The van der Waals surface area contributed by atoms with Crippen molar-refractivity contribution in [1.82, 2.24) is 5.06 Å². The van der Waals surface area contributed by atoms with Crippen LogP contribution in [-0.4, -0.2) is 22.7 Å². The average molecular weight is 102 g/mol. The molecule has 0 unspecified atom stereocenters. The van der Waals surface area contributed by atoms with Crippen LogP contribution in [0.5, 0.6) is 0 Å². The summed E-state index contributed by atoms with van der Waals surface area (Å²) < 4.78 is 0. The van der Waals surface area contributed by atoms with Gasteiger partial charge in [0.25, 0.3) is 0 Å². The molecule has 0 radical (unpaired) electrons. The third-order valence-corrected chi connectivity index (χ3v) is 0.661. The third kappa shape index (κ3) is 2.17. The smallest absolute Gasteiger partial charge is 0.107 e. The van der Waals surface area contributed by atoms with Gasteiger partial charge in [0.1, 0.15) is 6.34 Å². The highest BCUT2D eigenvalue weighted by molar-refractivity contribution is 5.48. The van der Waals surface area contributed by atoms with E-state index in [1.807, 2.05) is 0 Å². The summed E-state index contributed by atoms with van der Waals surface area (Å²) in [5.74, 6) is 0. The normalized spacial score (nSPS) is 9.14. The third-order valence-electron chi connectivity index (χ3n) is 0.661. The lowest BCUT2D eigenvalue weighted by atomic mass is 10.4. The lowest BCUT2D eigenvalue weighted by molar-refractivity contribution is -0.0366. The Morgan fingerprint density at radius 1 is 1.71 bits per heavy atom. The van der Waals surface area contributed by atoms with Gasteiger partial charge in [0.2, 0.25) is 0 Å². The molecule has 0 saturated carbocycles. The highest BCUT2D eigenvalue weighted by Gasteiger charge is 1.95. The van der Waals surface area contributed by atoms with E-state index in [4.69, 9.17) is 10.6 Å². The monoisotopic (exact) mass is 102 g/mol. The fraction of sp³-hybridized carbons (Fsp3) is 0.750. The largest absolute Gasteiger partial charge is 0.289 e. The molecule has 0 aliphatic rings. The van der Waals surface area contributed by atoms with Gasteiger partial charge in [-0.15, -0.1) is 0 Å². The van der Waals surface area contributed by atoms with Crippen molar-refractivity contribution in [2.75, 3.05) is 0 Å². The highest BCUT2D eigenvalue weighted by atomic mass is 16.5. The topological polar surface area (TPSA) is 47.3 Å². The minimum atomic E-state index is 0.0116. The predicted octanol–water partition coefficient (Wildman–Crippen LogP) is 0.693. The fourth-order valence-electron chi connectivity index (χ4n) is 0.149. The molecule has 0 heterocycles. The number of hydrogen-bond donors (Lipinski definition) is 2. The summed E-state index contributed by atoms with van der Waals surface area (Å²) in [5.41, 5.74) is 0. The summed E-state index contributed by atoms with van der Waals surface area (Å²) in [6.07, 6.45) is 0.880. The van der Waals surface area contributed by atoms with Gasteiger partial charge in [-0.1, -0.05) is 0 Å². The van der Waals surface area contributed by atoms with Gasteiger partial charge in [0.05, 0.1) is 6.04 Å². The number of nitrogens with zero attached hydrogens (tertiary/aromatic N) is 1. The van der Waals surface area contributed by atoms with Crippen LogP contribution in [-0.2, 0) is 0 Å². The van der Waals surface area contributed by atoms with Gasteiger partial charge in [-0.3, -0.25) is 10.6 Å². The predicted molar refractivity (Wildman–Crippen MR) is 27.5 cm³/mol. The number of nitrogens with one attached hydrogen (secondary N) is 1. The van der Waals surface area contributed by atoms with Crippen LogP contribution in [0.2, 0.25) is 0 Å². The summed E-state index contributed by atoms with van der Waals surface area (Å²) >= 11 is 0. The van der Waals surface area contributed by atoms with Crippen molar-refractivity contribution in [3.05, 3.63) is 0 Å². The van der Waals surface area contributed by atoms with E-state index >= 15 is 0 Å². The van der Waals surface area contributed by atoms with Gasteiger partial charge >= 0.3 is 0 Å². The molecule has 0 rings (SSSR count). The Kier molecular flexibility index (Phi) is 2.37. The average Bonchev–Trinajstić information content (AvgIpc) is 1.65. The first-order chi connectivity index (χ1) is 3.18. The molecule has 42 valence electrons. The second-order valence-corrected chi connectivity index (χ2v) is 1.60. The molecule has 0 spiro atoms. The van der Waals surface area contributed by atoms with Crippen LogP contribution in [0.3, 0.4) is 0 Å². The molecule has 3 nitrogen and oxygen atoms in total. The quantitative estimate of drug-likeness (QED) is 0.306. The minimum Gasteiger partial charge on any atom is -0.289 e. The summed E-state index contributed by atoms with van der Waals surface area (Å²) in [6, 6.07) is 0.0116. The van der Waals surface area contributed by atoms with Crippen LogP contribution >= 0.6 is 0 Å². The van der Waals surface area contributed by atoms with Crippen molar-refractivity contribution in [2.45, 2.75) is 19.9 Å². The van der Waals surface area contributed by atoms with Crippen LogP contribution < -0.4 is 0 Å². The molecule has 0 aliphatic carbocycles. The molecular formula is C4H10N2O. The van der Waals surface area contributed by atoms with E-state index < -0.39 is 0 Å². The molecule has 0 bridgehead atoms. The molecule has 7 heavy (non-hydrogen) atoms. The molecular weight excluding hydrogens is 92.1 g/mol. The van der Waals surface area contributed by atoms with Crippen molar-refractivity contribution in [1.29, 1.82) is 5.41 Å². The highest BCUT2D eigenvalue weighted by Crippen LogP contribution is 1.85. The molecule has 3 heteroatoms. The lowest BCUT2D eigenvalue weighted by Crippen LogP contribution is -2.24. The van der Waals surface area contributed by atoms with E-state index in [-0.39, 0.29) is 6.04 Å². The molecule has 0 atom stereocenters. The second-order valence-electron chi connectivity index (χ2n) is 1.60. The SMILES string of the molecule is CC(C)N(O)C=N. The van der Waals surface area contributed by atoms with Gasteiger partial charge in [-0.05, 0) is 13.8 Å². The van der Waals surface area contributed by atoms with Gasteiger partial charge in [-0.2, -0.15) is 0 Å². The Labute approximate surface area is 43.0 Å². The fourth-order valence-corrected chi connectivity index (χ4v) is 0.149. The van der Waals surface area contributed by atoms with Gasteiger partial charge in [-0.25, -0.2) is 5.06 Å². The van der Waals surface area contributed by atoms with Crippen molar-refractivity contribution in [3.63, 3.8) is 0 Å². The molecule has 2 N–H and O–H groups in total. The zero-order valence-corrected chi connectivity index (χ0v) is 4.55. The van der Waals surface area contributed by atoms with Crippen LogP contribution in [0.15, 0.2) is 0 Å². The lowest BCUT2D eigenvalue weighted by Gasteiger charge is -2.12. The first-order valence-corrected chi connectivity index (χ1v) is 2.16. The van der Waals surface area contributed by atoms with E-state index in [2.05, 4.69) is 0 Å². The summed E-state index contributed by atoms with van der Waals surface area (Å²) in [4.78, 5) is 0. The minimum absolute atomic E-state index is 0.0116. The molecule has 0 aromatic carbocycles. The maximum Gasteiger partial charge on any atom is 0.107 e. The van der Waals surface area contributed by atoms with Crippen LogP contribution in [0.25, 0.3) is 0 Å². The number of hydrogen-bond acceptors (Lipinski definition) is 2. The Hall–Kier alpha value is -0.570. The van der Waals surface area contributed by atoms with Crippen molar-refractivity contribution in [3.8, 4) is 0 Å². The Morgan fingerprint density at radius 2 is 2.14 bits per heavy atom. The van der Waals surface area contributed by atoms with Gasteiger partial charge in [0, 0.05) is 0 Å². The maximum atomic E-state index is 8.53. The standard InChI is InChI=1S/C4H10N2O/c1-4(2)6(7)3-5/h3-5,7H,1-2H3. The van der Waals surface area contributed by atoms with E-state index in [0.717, 1.165) is 11.4 Å². The first-order valence-electron chi connectivity index (χ1n) is 2.16. The zero-order valence-electron chi connectivity index (χ0n) is 4.55. The molecule has 0 aromatic heterocycles. The number of hydroxylamine groups is 2. The van der Waals surface area contributed by atoms with E-state index in [9.17, 15) is 0 Å². The van der Waals surface area contributed by atoms with E-state index in [0.29, 0.717) is 0 Å². The Morgan fingerprint density at radius 3 is 2.14 bits per heavy atom. The molecule has 0 aliphatic heterocycles. The van der Waals surface area contributed by atoms with E-state index in [1.165, 1.54) is 0 Å². The Bertz CT molecular complexity index is 62.7. The van der Waals surface area contributed by atoms with Crippen molar-refractivity contribution in [2.24, 2.45) is 0 Å². The molecule has 0 fully saturated rings. The van der Waals surface area contributed by atoms with Crippen molar-refractivity contribution >= 4 is 6.34 Å². The van der Waals surface area contributed by atoms with Gasteiger partial charge in [0.15, 0.2) is 0 Å². The van der Waals surface area contributed by atoms with E-state index in [1.54, 1.807) is 13.8 Å². The molecule has 0 saturated heterocycles. The van der Waals surface area contributed by atoms with Crippen LogP contribution in [0, 0.1) is 5.41 Å². The van der Waals surface area contributed by atoms with Crippen molar-refractivity contribution < 1.29 is 5.21 Å². The number of rotatable bonds is 2. The zero-order chi connectivity index (χ0) is 5.86. The summed E-state index contributed by atoms with van der Waals surface area (Å²) in [5, 5.41) is 15.8.